The minimum Gasteiger partial charge on any atom is -0.465 e. The van der Waals surface area contributed by atoms with Crippen molar-refractivity contribution in [3.8, 4) is 16.9 Å². The molecule has 0 radical (unpaired) electrons. The van der Waals surface area contributed by atoms with Crippen LogP contribution in [-0.4, -0.2) is 20.3 Å². The van der Waals surface area contributed by atoms with Gasteiger partial charge in [0.15, 0.2) is 6.23 Å². The number of ether oxygens (including phenoxy) is 1. The Bertz CT molecular complexity index is 1260. The summed E-state index contributed by atoms with van der Waals surface area (Å²) in [7, 11) is 4.27. The average Bonchev–Trinajstić information content (AvgIpc) is 3.30. The van der Waals surface area contributed by atoms with Crippen LogP contribution in [0, 0.1) is 13.8 Å². The third-order valence-corrected chi connectivity index (χ3v) is 7.78. The second-order valence-electron chi connectivity index (χ2n) is 8.81. The van der Waals surface area contributed by atoms with Crippen molar-refractivity contribution in [2.24, 2.45) is 0 Å². The number of anilines is 2. The summed E-state index contributed by atoms with van der Waals surface area (Å²) in [6, 6.07) is 21.6. The first kappa shape index (κ1) is 21.7. The van der Waals surface area contributed by atoms with E-state index in [4.69, 9.17) is 4.74 Å². The first-order chi connectivity index (χ1) is 15.9. The van der Waals surface area contributed by atoms with Gasteiger partial charge in [-0.15, -0.1) is 0 Å². The lowest BCUT2D eigenvalue weighted by Crippen LogP contribution is -2.29. The van der Waals surface area contributed by atoms with Crippen LogP contribution in [0.5, 0.6) is 5.75 Å². The number of benzene rings is 3. The fraction of sp³-hybridized carbons (Fsp3) is 0.241. The van der Waals surface area contributed by atoms with Crippen molar-refractivity contribution < 1.29 is 4.74 Å². The van der Waals surface area contributed by atoms with E-state index in [1.807, 2.05) is 11.8 Å². The molecular weight excluding hydrogens is 424 g/mol. The molecule has 3 aromatic carbocycles. The number of allylic oxidation sites excluding steroid dienone is 2. The maximum absolute atomic E-state index is 6.33. The molecule has 0 saturated carbocycles. The molecule has 0 fully saturated rings. The molecule has 0 spiro atoms. The van der Waals surface area contributed by atoms with Crippen molar-refractivity contribution >= 4 is 23.1 Å². The van der Waals surface area contributed by atoms with Gasteiger partial charge in [0.1, 0.15) is 5.75 Å². The number of rotatable bonds is 4. The SMILES string of the molecule is CCC(=CC1Oc2ccc(-c3ccccc3)cc2N1C)C=C1Sc2cc(C)c(C)cc2N1C. The van der Waals surface area contributed by atoms with Gasteiger partial charge in [0.25, 0.3) is 0 Å². The van der Waals surface area contributed by atoms with Gasteiger partial charge < -0.3 is 14.5 Å². The molecule has 3 nitrogen and oxygen atoms in total. The third kappa shape index (κ3) is 4.04. The molecule has 1 atom stereocenters. The smallest absolute Gasteiger partial charge is 0.192 e. The number of hydrogen-bond donors (Lipinski definition) is 0. The molecule has 5 rings (SSSR count). The topological polar surface area (TPSA) is 15.7 Å². The van der Waals surface area contributed by atoms with E-state index >= 15 is 0 Å². The molecule has 2 aliphatic rings. The maximum atomic E-state index is 6.33. The van der Waals surface area contributed by atoms with Gasteiger partial charge in [0, 0.05) is 19.0 Å². The molecule has 0 saturated heterocycles. The van der Waals surface area contributed by atoms with Gasteiger partial charge in [-0.3, -0.25) is 0 Å². The lowest BCUT2D eigenvalue weighted by atomic mass is 10.0. The standard InChI is InChI=1S/C29H30N2OS/c1-6-21(17-29-31(5)25-14-19(2)20(3)15-27(25)33-29)16-28-30(4)24-18-23(12-13-26(24)32-28)22-10-8-7-9-11-22/h7-18,28H,6H2,1-5H3. The van der Waals surface area contributed by atoms with Crippen molar-refractivity contribution in [1.82, 2.24) is 0 Å². The highest BCUT2D eigenvalue weighted by Gasteiger charge is 2.28. The first-order valence-electron chi connectivity index (χ1n) is 11.5. The van der Waals surface area contributed by atoms with Crippen LogP contribution in [0.25, 0.3) is 11.1 Å². The van der Waals surface area contributed by atoms with Crippen LogP contribution in [0.2, 0.25) is 0 Å². The summed E-state index contributed by atoms with van der Waals surface area (Å²) in [6.07, 6.45) is 5.40. The highest BCUT2D eigenvalue weighted by Crippen LogP contribution is 2.47. The summed E-state index contributed by atoms with van der Waals surface area (Å²) >= 11 is 1.85. The quantitative estimate of drug-likeness (QED) is 0.404. The van der Waals surface area contributed by atoms with Crippen LogP contribution in [0.4, 0.5) is 11.4 Å². The molecule has 2 aliphatic heterocycles. The molecule has 168 valence electrons. The second-order valence-corrected chi connectivity index (χ2v) is 9.87. The zero-order chi connectivity index (χ0) is 23.1. The highest BCUT2D eigenvalue weighted by atomic mass is 32.2. The summed E-state index contributed by atoms with van der Waals surface area (Å²) in [5.74, 6) is 0.937. The van der Waals surface area contributed by atoms with Crippen LogP contribution in [-0.2, 0) is 0 Å². The fourth-order valence-electron chi connectivity index (χ4n) is 4.35. The second kappa shape index (κ2) is 8.68. The molecule has 0 bridgehead atoms. The Kier molecular flexibility index (Phi) is 5.71. The minimum absolute atomic E-state index is 0.110. The zero-order valence-corrected chi connectivity index (χ0v) is 20.7. The van der Waals surface area contributed by atoms with Crippen LogP contribution < -0.4 is 14.5 Å². The summed E-state index contributed by atoms with van der Waals surface area (Å²) in [5.41, 5.74) is 8.81. The zero-order valence-electron chi connectivity index (χ0n) is 19.9. The molecule has 2 heterocycles. The van der Waals surface area contributed by atoms with Gasteiger partial charge in [0.05, 0.1) is 16.4 Å². The Morgan fingerprint density at radius 3 is 2.45 bits per heavy atom. The van der Waals surface area contributed by atoms with Crippen molar-refractivity contribution in [3.05, 3.63) is 94.5 Å². The average molecular weight is 455 g/mol. The number of nitrogens with zero attached hydrogens (tertiary/aromatic N) is 2. The largest absolute Gasteiger partial charge is 0.465 e. The molecule has 1 unspecified atom stereocenters. The predicted molar refractivity (Wildman–Crippen MR) is 141 cm³/mol. The van der Waals surface area contributed by atoms with Crippen LogP contribution >= 0.6 is 11.8 Å². The highest BCUT2D eigenvalue weighted by molar-refractivity contribution is 8.03. The van der Waals surface area contributed by atoms with E-state index in [9.17, 15) is 0 Å². The number of thioether (sulfide) groups is 1. The Labute approximate surface area is 201 Å². The first-order valence-corrected chi connectivity index (χ1v) is 12.3. The van der Waals surface area contributed by atoms with Gasteiger partial charge >= 0.3 is 0 Å². The molecule has 33 heavy (non-hydrogen) atoms. The normalized spacial score (nSPS) is 18.5. The monoisotopic (exact) mass is 454 g/mol. The molecular formula is C29H30N2OS. The van der Waals surface area contributed by atoms with Crippen LogP contribution in [0.15, 0.2) is 88.3 Å². The minimum atomic E-state index is -0.110. The lowest BCUT2D eigenvalue weighted by Gasteiger charge is -2.19. The van der Waals surface area contributed by atoms with E-state index < -0.39 is 0 Å². The Hall–Kier alpha value is -3.11. The molecule has 0 aromatic heterocycles. The van der Waals surface area contributed by atoms with Gasteiger partial charge in [-0.25, -0.2) is 0 Å². The number of likely N-dealkylation sites (N-methyl/N-ethyl adjacent to an activating group) is 1. The summed E-state index contributed by atoms with van der Waals surface area (Å²) < 4.78 is 6.33. The fourth-order valence-corrected chi connectivity index (χ4v) is 5.56. The van der Waals surface area contributed by atoms with Crippen molar-refractivity contribution in [3.63, 3.8) is 0 Å². The van der Waals surface area contributed by atoms with E-state index in [0.29, 0.717) is 0 Å². The van der Waals surface area contributed by atoms with Gasteiger partial charge in [-0.2, -0.15) is 0 Å². The third-order valence-electron chi connectivity index (χ3n) is 6.63. The molecule has 3 aromatic rings. The number of fused-ring (bicyclic) bond motifs is 2. The Morgan fingerprint density at radius 2 is 1.70 bits per heavy atom. The summed E-state index contributed by atoms with van der Waals surface area (Å²) in [6.45, 7) is 6.57. The maximum Gasteiger partial charge on any atom is 0.192 e. The number of aryl methyl sites for hydroxylation is 2. The molecule has 0 amide bonds. The van der Waals surface area contributed by atoms with Crippen molar-refractivity contribution in [2.75, 3.05) is 23.9 Å². The van der Waals surface area contributed by atoms with Crippen LogP contribution in [0.1, 0.15) is 24.5 Å². The predicted octanol–water partition coefficient (Wildman–Crippen LogP) is 7.55. The molecule has 0 aliphatic carbocycles. The van der Waals surface area contributed by atoms with Gasteiger partial charge in [-0.1, -0.05) is 55.1 Å². The number of hydrogen-bond acceptors (Lipinski definition) is 4. The van der Waals surface area contributed by atoms with E-state index in [2.05, 4.69) is 117 Å². The van der Waals surface area contributed by atoms with Gasteiger partial charge in [-0.05, 0) is 84.5 Å². The Balaban J connectivity index is 1.40. The van der Waals surface area contributed by atoms with E-state index in [1.54, 1.807) is 0 Å². The molecule has 0 N–H and O–H groups in total. The van der Waals surface area contributed by atoms with Crippen molar-refractivity contribution in [2.45, 2.75) is 38.3 Å². The molecule has 4 heteroatoms. The van der Waals surface area contributed by atoms with E-state index in [0.717, 1.165) is 17.9 Å². The van der Waals surface area contributed by atoms with Gasteiger partial charge in [0.2, 0.25) is 0 Å². The van der Waals surface area contributed by atoms with E-state index in [-0.39, 0.29) is 6.23 Å². The summed E-state index contributed by atoms with van der Waals surface area (Å²) in [4.78, 5) is 5.86. The Morgan fingerprint density at radius 1 is 0.939 bits per heavy atom. The van der Waals surface area contributed by atoms with E-state index in [1.165, 1.54) is 43.4 Å². The van der Waals surface area contributed by atoms with Crippen LogP contribution in [0.3, 0.4) is 0 Å². The van der Waals surface area contributed by atoms with Crippen molar-refractivity contribution in [1.29, 1.82) is 0 Å². The lowest BCUT2D eigenvalue weighted by molar-refractivity contribution is 0.278. The summed E-state index contributed by atoms with van der Waals surface area (Å²) in [5, 5.41) is 1.26.